The molecule has 5 heterocycles. The van der Waals surface area contributed by atoms with E-state index in [9.17, 15) is 9.59 Å². The van der Waals surface area contributed by atoms with Gasteiger partial charge in [-0.25, -0.2) is 19.1 Å². The number of nitrogen functional groups attached to an aromatic ring is 1. The first-order chi connectivity index (χ1) is 15.4. The van der Waals surface area contributed by atoms with Crippen LogP contribution in [0.5, 0.6) is 0 Å². The van der Waals surface area contributed by atoms with Gasteiger partial charge in [-0.05, 0) is 37.6 Å². The molecule has 2 N–H and O–H groups in total. The van der Waals surface area contributed by atoms with Gasteiger partial charge in [-0.2, -0.15) is 10.1 Å². The summed E-state index contributed by atoms with van der Waals surface area (Å²) in [4.78, 5) is 40.5. The van der Waals surface area contributed by atoms with Crippen molar-refractivity contribution in [2.75, 3.05) is 17.2 Å². The Bertz CT molecular complexity index is 1410. The molecule has 32 heavy (non-hydrogen) atoms. The fourth-order valence-electron chi connectivity index (χ4n) is 4.29. The minimum Gasteiger partial charge on any atom is -0.368 e. The molecule has 1 fully saturated rings. The number of pyridine rings is 1. The summed E-state index contributed by atoms with van der Waals surface area (Å²) >= 11 is 0. The second-order valence-electron chi connectivity index (χ2n) is 8.07. The molecule has 5 rings (SSSR count). The van der Waals surface area contributed by atoms with Crippen LogP contribution >= 0.6 is 0 Å². The molecule has 10 heteroatoms. The summed E-state index contributed by atoms with van der Waals surface area (Å²) in [6, 6.07) is 6.94. The fourth-order valence-corrected chi connectivity index (χ4v) is 4.29. The standard InChI is InChI=1S/C22H22N8O2/c1-12-7-9-29-18(12)21(32)30(16-6-4-5-8-24-16)20(27-29)17-13(2)11-28(17)19-15(14(3)31)10-25-22(23)26-19/h4-10,13,17H,11H2,1-3H3,(H2,23,25,26)/t13-,17-/m0/s1. The van der Waals surface area contributed by atoms with Crippen LogP contribution in [0.4, 0.5) is 11.8 Å². The van der Waals surface area contributed by atoms with E-state index in [2.05, 4.69) is 21.9 Å². The number of anilines is 2. The predicted molar refractivity (Wildman–Crippen MR) is 119 cm³/mol. The number of ketones is 1. The van der Waals surface area contributed by atoms with Crippen molar-refractivity contribution in [2.24, 2.45) is 5.92 Å². The third kappa shape index (κ3) is 2.95. The molecule has 1 aliphatic heterocycles. The number of carbonyl (C=O) groups is 1. The molecular formula is C22H22N8O2. The first-order valence-corrected chi connectivity index (χ1v) is 10.3. The van der Waals surface area contributed by atoms with Gasteiger partial charge < -0.3 is 10.6 Å². The van der Waals surface area contributed by atoms with Crippen molar-refractivity contribution in [1.29, 1.82) is 0 Å². The Balaban J connectivity index is 1.75. The lowest BCUT2D eigenvalue weighted by Gasteiger charge is -2.47. The van der Waals surface area contributed by atoms with Gasteiger partial charge in [0, 0.05) is 31.1 Å². The van der Waals surface area contributed by atoms with Crippen LogP contribution in [0.1, 0.15) is 41.6 Å². The molecule has 0 amide bonds. The van der Waals surface area contributed by atoms with Crippen LogP contribution in [0.2, 0.25) is 0 Å². The highest BCUT2D eigenvalue weighted by Gasteiger charge is 2.43. The molecule has 0 unspecified atom stereocenters. The highest BCUT2D eigenvalue weighted by atomic mass is 16.1. The first kappa shape index (κ1) is 19.9. The number of rotatable bonds is 4. The van der Waals surface area contributed by atoms with Crippen molar-refractivity contribution in [3.63, 3.8) is 0 Å². The molecule has 0 radical (unpaired) electrons. The normalized spacial score (nSPS) is 18.0. The molecule has 4 aromatic rings. The van der Waals surface area contributed by atoms with Crippen molar-refractivity contribution >= 4 is 23.1 Å². The number of nitrogens with two attached hydrogens (primary N) is 1. The summed E-state index contributed by atoms with van der Waals surface area (Å²) in [6.07, 6.45) is 4.86. The molecular weight excluding hydrogens is 408 g/mol. The van der Waals surface area contributed by atoms with E-state index in [1.807, 2.05) is 24.0 Å². The Labute approximate surface area is 183 Å². The monoisotopic (exact) mass is 430 g/mol. The summed E-state index contributed by atoms with van der Waals surface area (Å²) in [5.74, 6) is 1.50. The second-order valence-corrected chi connectivity index (χ2v) is 8.07. The minimum absolute atomic E-state index is 0.0786. The summed E-state index contributed by atoms with van der Waals surface area (Å²) in [6.45, 7) is 6.04. The minimum atomic E-state index is -0.316. The number of hydrogen-bond donors (Lipinski definition) is 1. The van der Waals surface area contributed by atoms with Gasteiger partial charge in [0.05, 0.1) is 11.6 Å². The van der Waals surface area contributed by atoms with Gasteiger partial charge in [-0.15, -0.1) is 0 Å². The molecule has 4 aromatic heterocycles. The maximum absolute atomic E-state index is 13.6. The summed E-state index contributed by atoms with van der Waals surface area (Å²) < 4.78 is 3.16. The summed E-state index contributed by atoms with van der Waals surface area (Å²) in [7, 11) is 0. The SMILES string of the molecule is CC(=O)c1cnc(N)nc1N1C[C@H](C)[C@H]1c1nn2ccc(C)c2c(=O)n1-c1ccccn1. The number of Topliss-reactive ketones (excluding diaryl/α,β-unsaturated/α-hetero) is 1. The van der Waals surface area contributed by atoms with Crippen LogP contribution < -0.4 is 16.2 Å². The Hall–Kier alpha value is -4.08. The maximum Gasteiger partial charge on any atom is 0.284 e. The van der Waals surface area contributed by atoms with Gasteiger partial charge >= 0.3 is 0 Å². The van der Waals surface area contributed by atoms with E-state index in [1.165, 1.54) is 13.1 Å². The molecule has 162 valence electrons. The number of carbonyl (C=O) groups excluding carboxylic acids is 1. The first-order valence-electron chi connectivity index (χ1n) is 10.3. The van der Waals surface area contributed by atoms with E-state index in [0.717, 1.165) is 5.56 Å². The van der Waals surface area contributed by atoms with Crippen LogP contribution in [0, 0.1) is 12.8 Å². The van der Waals surface area contributed by atoms with Crippen molar-refractivity contribution in [2.45, 2.75) is 26.8 Å². The highest BCUT2D eigenvalue weighted by molar-refractivity contribution is 5.98. The Morgan fingerprint density at radius 2 is 2.03 bits per heavy atom. The maximum atomic E-state index is 13.6. The summed E-state index contributed by atoms with van der Waals surface area (Å²) in [5, 5.41) is 4.82. The molecule has 0 aliphatic carbocycles. The summed E-state index contributed by atoms with van der Waals surface area (Å²) in [5.41, 5.74) is 7.34. The lowest BCUT2D eigenvalue weighted by Crippen LogP contribution is -2.52. The van der Waals surface area contributed by atoms with Gasteiger partial charge in [0.25, 0.3) is 5.56 Å². The van der Waals surface area contributed by atoms with Crippen LogP contribution in [0.25, 0.3) is 11.3 Å². The van der Waals surface area contributed by atoms with Crippen molar-refractivity contribution in [1.82, 2.24) is 29.1 Å². The molecule has 1 aliphatic rings. The van der Waals surface area contributed by atoms with E-state index in [4.69, 9.17) is 10.8 Å². The van der Waals surface area contributed by atoms with Gasteiger partial charge in [0.2, 0.25) is 5.95 Å². The third-order valence-corrected chi connectivity index (χ3v) is 5.85. The average molecular weight is 430 g/mol. The van der Waals surface area contributed by atoms with Crippen molar-refractivity contribution in [3.8, 4) is 5.82 Å². The Morgan fingerprint density at radius 1 is 1.22 bits per heavy atom. The largest absolute Gasteiger partial charge is 0.368 e. The topological polar surface area (TPSA) is 124 Å². The van der Waals surface area contributed by atoms with E-state index >= 15 is 0 Å². The molecule has 2 atom stereocenters. The van der Waals surface area contributed by atoms with Crippen molar-refractivity contribution < 1.29 is 4.79 Å². The third-order valence-electron chi connectivity index (χ3n) is 5.85. The predicted octanol–water partition coefficient (Wildman–Crippen LogP) is 1.96. The molecule has 0 saturated carbocycles. The number of hydrogen-bond acceptors (Lipinski definition) is 8. The van der Waals surface area contributed by atoms with Gasteiger partial charge in [-0.3, -0.25) is 9.59 Å². The number of aromatic nitrogens is 6. The number of aryl methyl sites for hydroxylation is 1. The highest BCUT2D eigenvalue weighted by Crippen LogP contribution is 2.42. The fraction of sp³-hybridized carbons (Fsp3) is 0.273. The van der Waals surface area contributed by atoms with E-state index in [0.29, 0.717) is 35.1 Å². The van der Waals surface area contributed by atoms with Gasteiger partial charge in [0.15, 0.2) is 11.6 Å². The van der Waals surface area contributed by atoms with Crippen LogP contribution in [-0.4, -0.2) is 41.5 Å². The lowest BCUT2D eigenvalue weighted by molar-refractivity contribution is 0.101. The van der Waals surface area contributed by atoms with Crippen LogP contribution in [-0.2, 0) is 0 Å². The quantitative estimate of drug-likeness (QED) is 0.487. The molecule has 1 saturated heterocycles. The zero-order chi connectivity index (χ0) is 22.6. The molecule has 0 aromatic carbocycles. The van der Waals surface area contributed by atoms with E-state index in [-0.39, 0.29) is 29.3 Å². The van der Waals surface area contributed by atoms with Gasteiger partial charge in [-0.1, -0.05) is 13.0 Å². The average Bonchev–Trinajstić information content (AvgIpc) is 3.13. The van der Waals surface area contributed by atoms with Crippen LogP contribution in [0.15, 0.2) is 47.7 Å². The lowest BCUT2D eigenvalue weighted by atomic mass is 9.88. The zero-order valence-corrected chi connectivity index (χ0v) is 17.9. The molecule has 0 spiro atoms. The van der Waals surface area contributed by atoms with E-state index in [1.54, 1.807) is 33.6 Å². The number of fused-ring (bicyclic) bond motifs is 1. The molecule has 0 bridgehead atoms. The van der Waals surface area contributed by atoms with Crippen molar-refractivity contribution in [3.05, 3.63) is 70.2 Å². The Kier molecular flexibility index (Phi) is 4.50. The molecule has 10 nitrogen and oxygen atoms in total. The van der Waals surface area contributed by atoms with E-state index < -0.39 is 0 Å². The Morgan fingerprint density at radius 3 is 2.72 bits per heavy atom. The zero-order valence-electron chi connectivity index (χ0n) is 17.9. The second kappa shape index (κ2) is 7.26. The smallest absolute Gasteiger partial charge is 0.284 e. The van der Waals surface area contributed by atoms with Crippen LogP contribution in [0.3, 0.4) is 0 Å². The van der Waals surface area contributed by atoms with Gasteiger partial charge in [0.1, 0.15) is 17.2 Å². The number of nitrogens with zero attached hydrogens (tertiary/aromatic N) is 7.